The second-order valence-electron chi connectivity index (χ2n) is 4.48. The van der Waals surface area contributed by atoms with E-state index in [4.69, 9.17) is 0 Å². The monoisotopic (exact) mass is 324 g/mol. The van der Waals surface area contributed by atoms with Crippen molar-refractivity contribution in [1.29, 1.82) is 0 Å². The molecule has 0 spiro atoms. The average molecular weight is 324 g/mol. The second kappa shape index (κ2) is 6.33. The highest BCUT2D eigenvalue weighted by Crippen LogP contribution is 2.18. The number of thiophene rings is 3. The molecule has 0 bridgehead atoms. The van der Waals surface area contributed by atoms with Crippen LogP contribution in [0.3, 0.4) is 0 Å². The van der Waals surface area contributed by atoms with Crippen molar-refractivity contribution in [2.45, 2.75) is 13.8 Å². The first-order chi connectivity index (χ1) is 10.2. The summed E-state index contributed by atoms with van der Waals surface area (Å²) in [5.74, 6) is 12.8. The maximum atomic E-state index is 3.21. The fourth-order valence-electron chi connectivity index (χ4n) is 1.72. The van der Waals surface area contributed by atoms with E-state index < -0.39 is 0 Å². The summed E-state index contributed by atoms with van der Waals surface area (Å²) < 4.78 is 0. The summed E-state index contributed by atoms with van der Waals surface area (Å²) in [5.41, 5.74) is 0. The molecule has 3 heterocycles. The zero-order valence-corrected chi connectivity index (χ0v) is 14.1. The van der Waals surface area contributed by atoms with Gasteiger partial charge in [0.15, 0.2) is 0 Å². The van der Waals surface area contributed by atoms with E-state index in [1.165, 1.54) is 9.75 Å². The van der Waals surface area contributed by atoms with Gasteiger partial charge < -0.3 is 0 Å². The lowest BCUT2D eigenvalue weighted by atomic mass is 10.4. The molecule has 0 saturated carbocycles. The third kappa shape index (κ3) is 3.86. The predicted molar refractivity (Wildman–Crippen MR) is 94.4 cm³/mol. The molecule has 0 nitrogen and oxygen atoms in total. The van der Waals surface area contributed by atoms with Crippen molar-refractivity contribution >= 4 is 34.0 Å². The number of hydrogen-bond donors (Lipinski definition) is 0. The van der Waals surface area contributed by atoms with Crippen LogP contribution in [-0.4, -0.2) is 0 Å². The lowest BCUT2D eigenvalue weighted by Gasteiger charge is -1.79. The first-order valence-electron chi connectivity index (χ1n) is 6.46. The van der Waals surface area contributed by atoms with Crippen LogP contribution in [0.5, 0.6) is 0 Å². The minimum atomic E-state index is 1.06. The Bertz CT molecular complexity index is 809. The Morgan fingerprint density at radius 1 is 0.524 bits per heavy atom. The number of hydrogen-bond acceptors (Lipinski definition) is 3. The van der Waals surface area contributed by atoms with E-state index in [0.717, 1.165) is 19.5 Å². The molecule has 0 aliphatic carbocycles. The molecule has 0 radical (unpaired) electrons. The van der Waals surface area contributed by atoms with Gasteiger partial charge in [-0.3, -0.25) is 0 Å². The van der Waals surface area contributed by atoms with Gasteiger partial charge in [-0.1, -0.05) is 0 Å². The summed E-state index contributed by atoms with van der Waals surface area (Å²) in [6.07, 6.45) is 0. The maximum absolute atomic E-state index is 3.21. The zero-order valence-electron chi connectivity index (χ0n) is 11.7. The van der Waals surface area contributed by atoms with Gasteiger partial charge in [-0.25, -0.2) is 0 Å². The highest BCUT2D eigenvalue weighted by molar-refractivity contribution is 7.13. The second-order valence-corrected chi connectivity index (χ2v) is 8.14. The fraction of sp³-hybridized carbons (Fsp3) is 0.111. The SMILES string of the molecule is Cc1ccc(C#Cc2ccc(C#Cc3ccc(C)s3)s2)s1. The van der Waals surface area contributed by atoms with Crippen LogP contribution in [0.2, 0.25) is 0 Å². The van der Waals surface area contributed by atoms with Gasteiger partial charge in [-0.15, -0.1) is 34.0 Å². The van der Waals surface area contributed by atoms with Crippen molar-refractivity contribution in [2.24, 2.45) is 0 Å². The molecule has 0 amide bonds. The van der Waals surface area contributed by atoms with Gasteiger partial charge in [0.05, 0.1) is 19.5 Å². The molecule has 0 atom stereocenters. The van der Waals surface area contributed by atoms with Gasteiger partial charge in [-0.2, -0.15) is 0 Å². The van der Waals surface area contributed by atoms with Crippen LogP contribution >= 0.6 is 34.0 Å². The Kier molecular flexibility index (Phi) is 4.27. The largest absolute Gasteiger partial charge is 0.132 e. The van der Waals surface area contributed by atoms with Gasteiger partial charge in [0.25, 0.3) is 0 Å². The first kappa shape index (κ1) is 14.2. The van der Waals surface area contributed by atoms with Crippen LogP contribution in [0.1, 0.15) is 29.3 Å². The van der Waals surface area contributed by atoms with Crippen molar-refractivity contribution in [1.82, 2.24) is 0 Å². The fourth-order valence-corrected chi connectivity index (χ4v) is 3.88. The lowest BCUT2D eigenvalue weighted by Crippen LogP contribution is -1.63. The molecule has 3 rings (SSSR count). The molecule has 0 unspecified atom stereocenters. The molecule has 0 fully saturated rings. The van der Waals surface area contributed by atoms with Crippen molar-refractivity contribution in [2.75, 3.05) is 0 Å². The van der Waals surface area contributed by atoms with E-state index in [1.807, 2.05) is 12.1 Å². The third-order valence-corrected chi connectivity index (χ3v) is 5.45. The Morgan fingerprint density at radius 3 is 1.19 bits per heavy atom. The molecular formula is C18H12S3. The number of rotatable bonds is 0. The standard InChI is InChI=1S/C18H12S3/c1-13-3-5-15(19-13)7-9-17-11-12-18(21-17)10-8-16-6-4-14(2)20-16/h3-6,11-12H,1-2H3. The van der Waals surface area contributed by atoms with Gasteiger partial charge in [0.1, 0.15) is 0 Å². The van der Waals surface area contributed by atoms with E-state index >= 15 is 0 Å². The summed E-state index contributed by atoms with van der Waals surface area (Å²) in [4.78, 5) is 6.94. The number of aryl methyl sites for hydroxylation is 2. The van der Waals surface area contributed by atoms with Gasteiger partial charge >= 0.3 is 0 Å². The quantitative estimate of drug-likeness (QED) is 0.493. The van der Waals surface area contributed by atoms with Crippen LogP contribution in [0, 0.1) is 37.5 Å². The summed E-state index contributed by atoms with van der Waals surface area (Å²) in [7, 11) is 0. The van der Waals surface area contributed by atoms with E-state index in [9.17, 15) is 0 Å². The van der Waals surface area contributed by atoms with E-state index in [2.05, 4.69) is 61.8 Å². The van der Waals surface area contributed by atoms with E-state index in [1.54, 1.807) is 34.0 Å². The van der Waals surface area contributed by atoms with Crippen LogP contribution in [-0.2, 0) is 0 Å². The van der Waals surface area contributed by atoms with E-state index in [0.29, 0.717) is 0 Å². The molecule has 102 valence electrons. The molecule has 0 saturated heterocycles. The zero-order chi connectivity index (χ0) is 14.7. The third-order valence-electron chi connectivity index (χ3n) is 2.70. The van der Waals surface area contributed by atoms with Crippen molar-refractivity contribution in [3.8, 4) is 23.7 Å². The van der Waals surface area contributed by atoms with Crippen LogP contribution < -0.4 is 0 Å². The van der Waals surface area contributed by atoms with Crippen molar-refractivity contribution in [3.05, 3.63) is 65.7 Å². The molecule has 0 aliphatic heterocycles. The molecular weight excluding hydrogens is 312 g/mol. The first-order valence-corrected chi connectivity index (χ1v) is 8.91. The Morgan fingerprint density at radius 2 is 0.857 bits per heavy atom. The smallest absolute Gasteiger partial charge is 0.0785 e. The molecule has 0 N–H and O–H groups in total. The molecule has 3 heteroatoms. The normalized spacial score (nSPS) is 9.62. The highest BCUT2D eigenvalue weighted by atomic mass is 32.1. The Balaban J connectivity index is 1.75. The molecule has 0 aliphatic rings. The molecule has 3 aromatic rings. The summed E-state index contributed by atoms with van der Waals surface area (Å²) in [6, 6.07) is 12.4. The lowest BCUT2D eigenvalue weighted by molar-refractivity contribution is 1.64. The molecule has 0 aromatic carbocycles. The van der Waals surface area contributed by atoms with Crippen LogP contribution in [0.4, 0.5) is 0 Å². The van der Waals surface area contributed by atoms with Crippen LogP contribution in [0.25, 0.3) is 0 Å². The minimum absolute atomic E-state index is 1.06. The maximum Gasteiger partial charge on any atom is 0.0785 e. The predicted octanol–water partition coefficient (Wildman–Crippen LogP) is 5.29. The summed E-state index contributed by atoms with van der Waals surface area (Å²) >= 11 is 5.10. The van der Waals surface area contributed by atoms with Crippen molar-refractivity contribution in [3.63, 3.8) is 0 Å². The summed E-state index contributed by atoms with van der Waals surface area (Å²) in [5, 5.41) is 0. The average Bonchev–Trinajstić information content (AvgIpc) is 3.16. The molecule has 3 aromatic heterocycles. The van der Waals surface area contributed by atoms with Crippen molar-refractivity contribution < 1.29 is 0 Å². The van der Waals surface area contributed by atoms with Gasteiger partial charge in [-0.05, 0) is 73.9 Å². The summed E-state index contributed by atoms with van der Waals surface area (Å²) in [6.45, 7) is 4.20. The topological polar surface area (TPSA) is 0 Å². The Labute approximate surface area is 137 Å². The minimum Gasteiger partial charge on any atom is -0.132 e. The van der Waals surface area contributed by atoms with Gasteiger partial charge in [0.2, 0.25) is 0 Å². The molecule has 21 heavy (non-hydrogen) atoms. The van der Waals surface area contributed by atoms with E-state index in [-0.39, 0.29) is 0 Å². The van der Waals surface area contributed by atoms with Crippen LogP contribution in [0.15, 0.2) is 36.4 Å². The highest BCUT2D eigenvalue weighted by Gasteiger charge is 1.96. The Hall–Kier alpha value is -1.78. The van der Waals surface area contributed by atoms with Gasteiger partial charge in [0, 0.05) is 9.75 Å².